The Kier molecular flexibility index (Phi) is 8.50. The lowest BCUT2D eigenvalue weighted by molar-refractivity contribution is -0.0925. The zero-order valence-corrected chi connectivity index (χ0v) is 19.7. The van der Waals surface area contributed by atoms with E-state index in [0.29, 0.717) is 11.8 Å². The summed E-state index contributed by atoms with van der Waals surface area (Å²) in [6, 6.07) is 18.4. The maximum absolute atomic E-state index is 13.1. The number of aliphatic imine (C=N–C) groups is 1. The molecule has 6 nitrogen and oxygen atoms in total. The summed E-state index contributed by atoms with van der Waals surface area (Å²) in [5.74, 6) is -1.01. The minimum absolute atomic E-state index is 0.0907. The van der Waals surface area contributed by atoms with Gasteiger partial charge in [0.2, 0.25) is 0 Å². The van der Waals surface area contributed by atoms with Crippen molar-refractivity contribution >= 4 is 40.6 Å². The van der Waals surface area contributed by atoms with Crippen molar-refractivity contribution in [2.75, 3.05) is 11.9 Å². The number of ether oxygens (including phenoxy) is 1. The summed E-state index contributed by atoms with van der Waals surface area (Å²) in [6.45, 7) is 1.90. The van der Waals surface area contributed by atoms with Crippen LogP contribution in [0.4, 0.5) is 24.5 Å². The summed E-state index contributed by atoms with van der Waals surface area (Å²) in [7, 11) is 0. The minimum atomic E-state index is -4.75. The summed E-state index contributed by atoms with van der Waals surface area (Å²) in [6.07, 6.45) is -4.04. The second kappa shape index (κ2) is 11.5. The molecule has 0 fully saturated rings. The zero-order valence-electron chi connectivity index (χ0n) is 19.0. The quantitative estimate of drug-likeness (QED) is 0.285. The van der Waals surface area contributed by atoms with Crippen molar-refractivity contribution in [3.05, 3.63) is 106 Å². The maximum Gasteiger partial charge on any atom is 0.430 e. The number of nitrogens with one attached hydrogen (secondary N) is 1. The number of alkyl halides is 3. The first-order valence-electron chi connectivity index (χ1n) is 10.6. The number of nitrogens with zero attached hydrogens (tertiary/aromatic N) is 1. The van der Waals surface area contributed by atoms with Crippen molar-refractivity contribution in [3.8, 4) is 0 Å². The van der Waals surface area contributed by atoms with E-state index in [1.807, 2.05) is 0 Å². The van der Waals surface area contributed by atoms with E-state index in [1.54, 1.807) is 49.4 Å². The molecule has 3 rings (SSSR count). The molecule has 0 atom stereocenters. The Hall–Kier alpha value is -4.11. The lowest BCUT2D eigenvalue weighted by Crippen LogP contribution is -2.21. The molecule has 3 aromatic rings. The summed E-state index contributed by atoms with van der Waals surface area (Å²) < 4.78 is 44.2. The molecule has 0 aliphatic rings. The molecule has 0 spiro atoms. The molecule has 0 aliphatic heterocycles. The van der Waals surface area contributed by atoms with Gasteiger partial charge in [0.15, 0.2) is 0 Å². The standard InChI is InChI=1S/C26H21ClF3N3O3/c1-2-36-25(35)18-6-5-7-19(14-18)32-24(34)17-12-10-16(11-13-17)22(15-23(31)26(28,29)30)33-21-9-4-3-8-20(21)27/h3-15H,2,31H2,1H3,(H,32,34). The number of hydrogen-bond donors (Lipinski definition) is 2. The highest BCUT2D eigenvalue weighted by atomic mass is 35.5. The third-order valence-corrected chi connectivity index (χ3v) is 5.11. The Balaban J connectivity index is 1.88. The Labute approximate surface area is 210 Å². The van der Waals surface area contributed by atoms with Gasteiger partial charge in [0.05, 0.1) is 28.6 Å². The topological polar surface area (TPSA) is 93.8 Å². The van der Waals surface area contributed by atoms with E-state index in [1.165, 1.54) is 30.3 Å². The Morgan fingerprint density at radius 2 is 1.67 bits per heavy atom. The summed E-state index contributed by atoms with van der Waals surface area (Å²) in [4.78, 5) is 28.8. The van der Waals surface area contributed by atoms with Crippen LogP contribution in [0.2, 0.25) is 5.02 Å². The van der Waals surface area contributed by atoms with Crippen molar-refractivity contribution in [2.45, 2.75) is 13.1 Å². The normalized spacial score (nSPS) is 12.2. The Morgan fingerprint density at radius 3 is 2.31 bits per heavy atom. The van der Waals surface area contributed by atoms with Gasteiger partial charge in [-0.3, -0.25) is 4.79 Å². The fourth-order valence-corrected chi connectivity index (χ4v) is 3.19. The molecular weight excluding hydrogens is 495 g/mol. The van der Waals surface area contributed by atoms with Crippen LogP contribution in [-0.2, 0) is 4.74 Å². The lowest BCUT2D eigenvalue weighted by Gasteiger charge is -2.10. The zero-order chi connectivity index (χ0) is 26.3. The molecule has 3 aromatic carbocycles. The molecule has 3 N–H and O–H groups in total. The first-order valence-corrected chi connectivity index (χ1v) is 11.0. The second-order valence-electron chi connectivity index (χ2n) is 7.38. The first-order chi connectivity index (χ1) is 17.1. The molecule has 0 heterocycles. The van der Waals surface area contributed by atoms with E-state index in [2.05, 4.69) is 10.3 Å². The third kappa shape index (κ3) is 6.96. The van der Waals surface area contributed by atoms with Crippen LogP contribution in [0.1, 0.15) is 33.2 Å². The SMILES string of the molecule is CCOC(=O)c1cccc(NC(=O)c2ccc(C(C=C(N)C(F)(F)F)=Nc3ccccc3Cl)cc2)c1. The molecular formula is C26H21ClF3N3O3. The van der Waals surface area contributed by atoms with Gasteiger partial charge in [-0.05, 0) is 55.5 Å². The van der Waals surface area contributed by atoms with Crippen LogP contribution in [0, 0.1) is 0 Å². The van der Waals surface area contributed by atoms with Crippen molar-refractivity contribution in [1.29, 1.82) is 0 Å². The maximum atomic E-state index is 13.1. The molecule has 10 heteroatoms. The number of benzene rings is 3. The summed E-state index contributed by atoms with van der Waals surface area (Å²) in [5.41, 5.74) is 5.21. The number of nitrogens with two attached hydrogens (primary N) is 1. The number of halogens is 4. The largest absolute Gasteiger partial charge is 0.462 e. The monoisotopic (exact) mass is 515 g/mol. The summed E-state index contributed by atoms with van der Waals surface area (Å²) >= 11 is 6.11. The predicted molar refractivity (Wildman–Crippen MR) is 133 cm³/mol. The number of carbonyl (C=O) groups excluding carboxylic acids is 2. The van der Waals surface area contributed by atoms with E-state index in [-0.39, 0.29) is 39.7 Å². The van der Waals surface area contributed by atoms with Crippen molar-refractivity contribution in [1.82, 2.24) is 0 Å². The van der Waals surface area contributed by atoms with Gasteiger partial charge in [0.25, 0.3) is 5.91 Å². The van der Waals surface area contributed by atoms with Crippen LogP contribution in [0.3, 0.4) is 0 Å². The fraction of sp³-hybridized carbons (Fsp3) is 0.115. The van der Waals surface area contributed by atoms with Crippen LogP contribution in [-0.4, -0.2) is 30.4 Å². The van der Waals surface area contributed by atoms with E-state index in [4.69, 9.17) is 22.1 Å². The van der Waals surface area contributed by atoms with Gasteiger partial charge >= 0.3 is 12.1 Å². The number of anilines is 1. The molecule has 186 valence electrons. The lowest BCUT2D eigenvalue weighted by atomic mass is 10.1. The van der Waals surface area contributed by atoms with Crippen LogP contribution in [0.25, 0.3) is 0 Å². The van der Waals surface area contributed by atoms with E-state index in [9.17, 15) is 22.8 Å². The van der Waals surface area contributed by atoms with Gasteiger partial charge in [0, 0.05) is 16.8 Å². The van der Waals surface area contributed by atoms with Gasteiger partial charge in [-0.25, -0.2) is 9.79 Å². The number of para-hydroxylation sites is 1. The Morgan fingerprint density at radius 1 is 1.00 bits per heavy atom. The van der Waals surface area contributed by atoms with Gasteiger partial charge < -0.3 is 15.8 Å². The molecule has 1 amide bonds. The molecule has 36 heavy (non-hydrogen) atoms. The number of rotatable bonds is 7. The number of esters is 1. The molecule has 0 aromatic heterocycles. The predicted octanol–water partition coefficient (Wildman–Crippen LogP) is 6.29. The van der Waals surface area contributed by atoms with Crippen LogP contribution in [0.15, 0.2) is 89.6 Å². The second-order valence-corrected chi connectivity index (χ2v) is 7.79. The first kappa shape index (κ1) is 26.5. The van der Waals surface area contributed by atoms with E-state index in [0.717, 1.165) is 0 Å². The van der Waals surface area contributed by atoms with Gasteiger partial charge in [0.1, 0.15) is 5.70 Å². The molecule has 0 radical (unpaired) electrons. The number of amides is 1. The van der Waals surface area contributed by atoms with Gasteiger partial charge in [-0.1, -0.05) is 41.9 Å². The number of allylic oxidation sites excluding steroid dienone is 2. The summed E-state index contributed by atoms with van der Waals surface area (Å²) in [5, 5.41) is 2.91. The molecule has 0 unspecified atom stereocenters. The average molecular weight is 516 g/mol. The van der Waals surface area contributed by atoms with Crippen LogP contribution >= 0.6 is 11.6 Å². The minimum Gasteiger partial charge on any atom is -0.462 e. The van der Waals surface area contributed by atoms with Gasteiger partial charge in [-0.15, -0.1) is 0 Å². The molecule has 0 saturated carbocycles. The van der Waals surface area contributed by atoms with Crippen LogP contribution < -0.4 is 11.1 Å². The number of hydrogen-bond acceptors (Lipinski definition) is 5. The number of carbonyl (C=O) groups is 2. The highest BCUT2D eigenvalue weighted by molar-refractivity contribution is 6.33. The molecule has 0 bridgehead atoms. The fourth-order valence-electron chi connectivity index (χ4n) is 3.02. The van der Waals surface area contributed by atoms with E-state index < -0.39 is 23.7 Å². The average Bonchev–Trinajstić information content (AvgIpc) is 2.84. The molecule has 0 aliphatic carbocycles. The van der Waals surface area contributed by atoms with Crippen molar-refractivity contribution in [2.24, 2.45) is 10.7 Å². The van der Waals surface area contributed by atoms with Crippen molar-refractivity contribution in [3.63, 3.8) is 0 Å². The smallest absolute Gasteiger partial charge is 0.430 e. The Bertz CT molecular complexity index is 1320. The highest BCUT2D eigenvalue weighted by Crippen LogP contribution is 2.27. The molecule has 0 saturated heterocycles. The third-order valence-electron chi connectivity index (χ3n) is 4.79. The van der Waals surface area contributed by atoms with Gasteiger partial charge in [-0.2, -0.15) is 13.2 Å². The van der Waals surface area contributed by atoms with Crippen LogP contribution in [0.5, 0.6) is 0 Å². The van der Waals surface area contributed by atoms with E-state index >= 15 is 0 Å². The highest BCUT2D eigenvalue weighted by Gasteiger charge is 2.31. The van der Waals surface area contributed by atoms with Crippen molar-refractivity contribution < 1.29 is 27.5 Å².